The molecule has 0 radical (unpaired) electrons. The number of hydrogen-bond donors (Lipinski definition) is 0. The van der Waals surface area contributed by atoms with Crippen LogP contribution in [0.15, 0.2) is 10.5 Å². The van der Waals surface area contributed by atoms with Crippen molar-refractivity contribution in [2.45, 2.75) is 20.8 Å². The molecule has 1 heterocycles. The van der Waals surface area contributed by atoms with Crippen LogP contribution in [-0.2, 0) is 0 Å². The number of nitro groups is 1. The number of nitrogens with zero attached hydrogens (tertiary/aromatic N) is 1. The summed E-state index contributed by atoms with van der Waals surface area (Å²) in [6.07, 6.45) is 0. The predicted octanol–water partition coefficient (Wildman–Crippen LogP) is 3.75. The topological polar surface area (TPSA) is 43.1 Å². The van der Waals surface area contributed by atoms with Crippen LogP contribution in [0, 0.1) is 17.0 Å². The molecule has 0 saturated heterocycles. The summed E-state index contributed by atoms with van der Waals surface area (Å²) in [5, 5.41) is 10.4. The van der Waals surface area contributed by atoms with E-state index < -0.39 is 0 Å². The maximum Gasteiger partial charge on any atom is 0.338 e. The molecule has 1 aromatic rings. The average molecular weight is 252 g/mol. The Morgan fingerprint density at radius 2 is 2.08 bits per heavy atom. The van der Waals surface area contributed by atoms with E-state index in [0.717, 1.165) is 4.88 Å². The van der Waals surface area contributed by atoms with Crippen molar-refractivity contribution in [2.24, 2.45) is 0 Å². The first-order chi connectivity index (χ1) is 5.61. The third-order valence-electron chi connectivity index (χ3n) is 0.958. The molecule has 0 aromatic carbocycles. The van der Waals surface area contributed by atoms with Crippen LogP contribution in [0.4, 0.5) is 5.00 Å². The summed E-state index contributed by atoms with van der Waals surface area (Å²) in [7, 11) is 0. The zero-order valence-corrected chi connectivity index (χ0v) is 9.53. The Morgan fingerprint density at radius 1 is 1.58 bits per heavy atom. The molecule has 0 fully saturated rings. The summed E-state index contributed by atoms with van der Waals surface area (Å²) in [5.74, 6) is 0. The summed E-state index contributed by atoms with van der Waals surface area (Å²) in [4.78, 5) is 10.8. The van der Waals surface area contributed by atoms with E-state index in [-0.39, 0.29) is 9.92 Å². The molecule has 68 valence electrons. The molecule has 0 N–H and O–H groups in total. The molecule has 3 nitrogen and oxygen atoms in total. The van der Waals surface area contributed by atoms with E-state index in [1.807, 2.05) is 20.8 Å². The lowest BCUT2D eigenvalue weighted by Gasteiger charge is -1.81. The van der Waals surface area contributed by atoms with Crippen LogP contribution in [0.5, 0.6) is 0 Å². The second kappa shape index (κ2) is 5.27. The minimum Gasteiger partial charge on any atom is -0.258 e. The highest BCUT2D eigenvalue weighted by atomic mass is 79.9. The van der Waals surface area contributed by atoms with E-state index >= 15 is 0 Å². The summed E-state index contributed by atoms with van der Waals surface area (Å²) in [6, 6.07) is 1.74. The second-order valence-corrected chi connectivity index (χ2v) is 3.86. The van der Waals surface area contributed by atoms with Gasteiger partial charge in [0.2, 0.25) is 0 Å². The molecular formula is C7H10BrNO2S. The molecule has 1 aromatic heterocycles. The van der Waals surface area contributed by atoms with Gasteiger partial charge in [-0.1, -0.05) is 25.2 Å². The maximum atomic E-state index is 10.2. The lowest BCUT2D eigenvalue weighted by Crippen LogP contribution is -1.82. The fourth-order valence-corrected chi connectivity index (χ4v) is 2.19. The normalized spacial score (nSPS) is 8.67. The summed E-state index contributed by atoms with van der Waals surface area (Å²) < 4.78 is 0.569. The van der Waals surface area contributed by atoms with Gasteiger partial charge in [-0.2, -0.15) is 0 Å². The summed E-state index contributed by atoms with van der Waals surface area (Å²) >= 11 is 4.26. The molecule has 1 rings (SSSR count). The third-order valence-corrected chi connectivity index (χ3v) is 2.83. The smallest absolute Gasteiger partial charge is 0.258 e. The van der Waals surface area contributed by atoms with Crippen LogP contribution in [0.2, 0.25) is 0 Å². The van der Waals surface area contributed by atoms with E-state index in [4.69, 9.17) is 0 Å². The second-order valence-electron chi connectivity index (χ2n) is 1.77. The number of aryl methyl sites for hydroxylation is 1. The van der Waals surface area contributed by atoms with Crippen molar-refractivity contribution >= 4 is 32.3 Å². The average Bonchev–Trinajstić information content (AvgIpc) is 2.34. The molecule has 0 amide bonds. The number of thiophene rings is 1. The minimum absolute atomic E-state index is 0.178. The Kier molecular flexibility index (Phi) is 5.08. The Labute approximate surface area is 83.7 Å². The standard InChI is InChI=1S/C5H4BrNO2S.C2H6/c1-3-2-4(6)5(10-3)7(8)9;1-2/h2H,1H3;1-2H3. The third kappa shape index (κ3) is 2.91. The van der Waals surface area contributed by atoms with Crippen molar-refractivity contribution in [2.75, 3.05) is 0 Å². The predicted molar refractivity (Wildman–Crippen MR) is 54.8 cm³/mol. The molecule has 0 aliphatic rings. The molecule has 0 atom stereocenters. The molecular weight excluding hydrogens is 242 g/mol. The fraction of sp³-hybridized carbons (Fsp3) is 0.429. The molecule has 0 unspecified atom stereocenters. The molecule has 12 heavy (non-hydrogen) atoms. The van der Waals surface area contributed by atoms with Gasteiger partial charge in [-0.15, -0.1) is 0 Å². The van der Waals surface area contributed by atoms with Crippen molar-refractivity contribution in [1.82, 2.24) is 0 Å². The van der Waals surface area contributed by atoms with Crippen molar-refractivity contribution in [1.29, 1.82) is 0 Å². The van der Waals surface area contributed by atoms with Crippen molar-refractivity contribution in [3.63, 3.8) is 0 Å². The first kappa shape index (κ1) is 11.6. The van der Waals surface area contributed by atoms with Crippen LogP contribution >= 0.6 is 27.3 Å². The maximum absolute atomic E-state index is 10.2. The Hall–Kier alpha value is -0.420. The van der Waals surface area contributed by atoms with Gasteiger partial charge in [0, 0.05) is 4.88 Å². The van der Waals surface area contributed by atoms with Gasteiger partial charge in [-0.3, -0.25) is 10.1 Å². The van der Waals surface area contributed by atoms with Gasteiger partial charge in [0.1, 0.15) is 4.47 Å². The highest BCUT2D eigenvalue weighted by Crippen LogP contribution is 2.33. The van der Waals surface area contributed by atoms with E-state index in [1.165, 1.54) is 11.3 Å². The Morgan fingerprint density at radius 3 is 2.25 bits per heavy atom. The summed E-state index contributed by atoms with van der Waals surface area (Å²) in [6.45, 7) is 5.84. The minimum atomic E-state index is -0.387. The van der Waals surface area contributed by atoms with Crippen molar-refractivity contribution in [3.05, 3.63) is 25.5 Å². The number of hydrogen-bond acceptors (Lipinski definition) is 3. The highest BCUT2D eigenvalue weighted by molar-refractivity contribution is 9.10. The lowest BCUT2D eigenvalue weighted by atomic mass is 10.5. The molecule has 0 aliphatic heterocycles. The van der Waals surface area contributed by atoms with Crippen molar-refractivity contribution in [3.8, 4) is 0 Å². The first-order valence-electron chi connectivity index (χ1n) is 3.51. The fourth-order valence-electron chi connectivity index (χ4n) is 0.595. The van der Waals surface area contributed by atoms with E-state index in [2.05, 4.69) is 15.9 Å². The van der Waals surface area contributed by atoms with Crippen LogP contribution in [0.25, 0.3) is 0 Å². The molecule has 5 heteroatoms. The summed E-state index contributed by atoms with van der Waals surface area (Å²) in [5.41, 5.74) is 0. The van der Waals surface area contributed by atoms with E-state index in [0.29, 0.717) is 4.47 Å². The van der Waals surface area contributed by atoms with Crippen LogP contribution < -0.4 is 0 Å². The van der Waals surface area contributed by atoms with E-state index in [9.17, 15) is 10.1 Å². The van der Waals surface area contributed by atoms with Gasteiger partial charge < -0.3 is 0 Å². The van der Waals surface area contributed by atoms with Crippen LogP contribution in [0.1, 0.15) is 18.7 Å². The number of halogens is 1. The van der Waals surface area contributed by atoms with Gasteiger partial charge in [0.05, 0.1) is 4.92 Å². The van der Waals surface area contributed by atoms with Gasteiger partial charge in [-0.25, -0.2) is 0 Å². The largest absolute Gasteiger partial charge is 0.338 e. The molecule has 0 saturated carbocycles. The Bertz CT molecular complexity index is 272. The molecule has 0 bridgehead atoms. The highest BCUT2D eigenvalue weighted by Gasteiger charge is 2.14. The van der Waals surface area contributed by atoms with Gasteiger partial charge in [0.15, 0.2) is 0 Å². The molecule has 0 spiro atoms. The van der Waals surface area contributed by atoms with Gasteiger partial charge in [-0.05, 0) is 28.9 Å². The number of rotatable bonds is 1. The Balaban J connectivity index is 0.000000561. The van der Waals surface area contributed by atoms with Gasteiger partial charge in [0.25, 0.3) is 0 Å². The van der Waals surface area contributed by atoms with E-state index in [1.54, 1.807) is 6.07 Å². The monoisotopic (exact) mass is 251 g/mol. The van der Waals surface area contributed by atoms with Gasteiger partial charge >= 0.3 is 5.00 Å². The zero-order chi connectivity index (χ0) is 9.72. The zero-order valence-electron chi connectivity index (χ0n) is 7.13. The first-order valence-corrected chi connectivity index (χ1v) is 5.12. The van der Waals surface area contributed by atoms with Crippen LogP contribution in [0.3, 0.4) is 0 Å². The van der Waals surface area contributed by atoms with Crippen LogP contribution in [-0.4, -0.2) is 4.92 Å². The quantitative estimate of drug-likeness (QED) is 0.564. The lowest BCUT2D eigenvalue weighted by molar-refractivity contribution is -0.380. The molecule has 0 aliphatic carbocycles. The SMILES string of the molecule is CC.Cc1cc(Br)c([N+](=O)[O-])s1. The van der Waals surface area contributed by atoms with Crippen molar-refractivity contribution < 1.29 is 4.92 Å².